The molecular formula is C24H23F5N4O3S. The van der Waals surface area contributed by atoms with Gasteiger partial charge in [-0.2, -0.15) is 18.4 Å². The highest BCUT2D eigenvalue weighted by atomic mass is 32.2. The van der Waals surface area contributed by atoms with Crippen molar-refractivity contribution in [2.75, 3.05) is 13.2 Å². The van der Waals surface area contributed by atoms with Gasteiger partial charge < -0.3 is 9.64 Å². The van der Waals surface area contributed by atoms with Crippen LogP contribution in [0.15, 0.2) is 36.4 Å². The fourth-order valence-electron chi connectivity index (χ4n) is 4.70. The van der Waals surface area contributed by atoms with Gasteiger partial charge in [0.1, 0.15) is 17.7 Å². The van der Waals surface area contributed by atoms with E-state index in [-0.39, 0.29) is 49.1 Å². The molecule has 37 heavy (non-hydrogen) atoms. The van der Waals surface area contributed by atoms with Gasteiger partial charge in [0.05, 0.1) is 12.6 Å². The first-order valence-electron chi connectivity index (χ1n) is 11.3. The smallest absolute Gasteiger partial charge is 0.352 e. The maximum atomic E-state index is 15.6. The SMILES string of the molecule is Cc1cc(F)cc(-c2cccc(C[C@H]3[C@@H](NS(=N)(=O)C(F)(F)F)CCN3C(=O)[C@]3(C#N)CCO3)c2F)c1. The number of amides is 1. The quantitative estimate of drug-likeness (QED) is 0.534. The van der Waals surface area contributed by atoms with Gasteiger partial charge in [-0.3, -0.25) is 4.79 Å². The molecule has 2 saturated heterocycles. The Balaban J connectivity index is 1.71. The molecule has 2 N–H and O–H groups in total. The Labute approximate surface area is 210 Å². The van der Waals surface area contributed by atoms with Crippen LogP contribution in [0.1, 0.15) is 24.0 Å². The van der Waals surface area contributed by atoms with Crippen LogP contribution < -0.4 is 4.72 Å². The Kier molecular flexibility index (Phi) is 7.04. The van der Waals surface area contributed by atoms with Crippen molar-refractivity contribution in [3.05, 3.63) is 59.2 Å². The maximum absolute atomic E-state index is 15.6. The van der Waals surface area contributed by atoms with Gasteiger partial charge >= 0.3 is 5.51 Å². The van der Waals surface area contributed by atoms with Crippen molar-refractivity contribution < 1.29 is 35.7 Å². The lowest BCUT2D eigenvalue weighted by Crippen LogP contribution is -2.59. The van der Waals surface area contributed by atoms with Gasteiger partial charge in [0.2, 0.25) is 15.5 Å². The van der Waals surface area contributed by atoms with Crippen molar-refractivity contribution in [2.24, 2.45) is 0 Å². The molecule has 13 heteroatoms. The van der Waals surface area contributed by atoms with Gasteiger partial charge in [-0.15, -0.1) is 0 Å². The number of alkyl halides is 3. The monoisotopic (exact) mass is 542 g/mol. The van der Waals surface area contributed by atoms with Crippen molar-refractivity contribution in [1.82, 2.24) is 9.62 Å². The van der Waals surface area contributed by atoms with Crippen LogP contribution in [0.4, 0.5) is 22.0 Å². The first-order chi connectivity index (χ1) is 17.3. The third-order valence-corrected chi connectivity index (χ3v) is 7.93. The van der Waals surface area contributed by atoms with Gasteiger partial charge in [0.25, 0.3) is 5.91 Å². The minimum absolute atomic E-state index is 0.0138. The number of hydrogen-bond donors (Lipinski definition) is 2. The summed E-state index contributed by atoms with van der Waals surface area (Å²) in [6, 6.07) is 7.63. The number of carbonyl (C=O) groups is 1. The largest absolute Gasteiger partial charge is 0.492 e. The summed E-state index contributed by atoms with van der Waals surface area (Å²) >= 11 is 0. The molecule has 4 atom stereocenters. The summed E-state index contributed by atoms with van der Waals surface area (Å²) in [7, 11) is -5.28. The highest BCUT2D eigenvalue weighted by Crippen LogP contribution is 2.35. The normalized spacial score (nSPS) is 25.3. The van der Waals surface area contributed by atoms with Gasteiger partial charge in [-0.25, -0.2) is 22.5 Å². The second-order valence-electron chi connectivity index (χ2n) is 9.12. The zero-order chi connectivity index (χ0) is 27.2. The number of aryl methyl sites for hydroxylation is 1. The summed E-state index contributed by atoms with van der Waals surface area (Å²) in [6.07, 6.45) is -0.343. The number of rotatable bonds is 6. The van der Waals surface area contributed by atoms with Crippen molar-refractivity contribution in [3.8, 4) is 17.2 Å². The number of nitrogens with zero attached hydrogens (tertiary/aromatic N) is 2. The molecule has 2 aliphatic heterocycles. The van der Waals surface area contributed by atoms with Crippen LogP contribution in [0.5, 0.6) is 0 Å². The highest BCUT2D eigenvalue weighted by Gasteiger charge is 2.53. The van der Waals surface area contributed by atoms with Crippen LogP contribution in [0.3, 0.4) is 0 Å². The Morgan fingerprint density at radius 1 is 1.32 bits per heavy atom. The fraction of sp³-hybridized carbons (Fsp3) is 0.417. The summed E-state index contributed by atoms with van der Waals surface area (Å²) in [5, 5.41) is 9.50. The molecule has 0 aromatic heterocycles. The first kappa shape index (κ1) is 27.0. The number of halogens is 5. The summed E-state index contributed by atoms with van der Waals surface area (Å²) in [4.78, 5) is 14.3. The minimum atomic E-state index is -5.37. The van der Waals surface area contributed by atoms with Crippen molar-refractivity contribution >= 4 is 15.8 Å². The van der Waals surface area contributed by atoms with Crippen LogP contribution >= 0.6 is 0 Å². The number of ether oxygens (including phenoxy) is 1. The van der Waals surface area contributed by atoms with Gasteiger partial charge in [0, 0.05) is 24.6 Å². The summed E-state index contributed by atoms with van der Waals surface area (Å²) in [5.74, 6) is -2.12. The average molecular weight is 543 g/mol. The first-order valence-corrected chi connectivity index (χ1v) is 12.9. The molecule has 1 amide bonds. The fourth-order valence-corrected chi connectivity index (χ4v) is 5.53. The third kappa shape index (κ3) is 5.05. The lowest BCUT2D eigenvalue weighted by molar-refractivity contribution is -0.172. The van der Waals surface area contributed by atoms with E-state index >= 15 is 4.39 Å². The molecule has 2 heterocycles. The molecule has 0 aliphatic carbocycles. The van der Waals surface area contributed by atoms with Gasteiger partial charge in [-0.1, -0.05) is 24.3 Å². The van der Waals surface area contributed by atoms with Crippen LogP contribution in [-0.2, 0) is 25.9 Å². The van der Waals surface area contributed by atoms with E-state index in [0.717, 1.165) is 11.0 Å². The summed E-state index contributed by atoms with van der Waals surface area (Å²) in [6.45, 7) is 1.67. The molecule has 198 valence electrons. The summed E-state index contributed by atoms with van der Waals surface area (Å²) in [5.41, 5.74) is -6.30. The number of likely N-dealkylation sites (tertiary alicyclic amines) is 1. The van der Waals surface area contributed by atoms with E-state index in [9.17, 15) is 31.8 Å². The van der Waals surface area contributed by atoms with Crippen LogP contribution in [0, 0.1) is 34.7 Å². The molecule has 0 spiro atoms. The van der Waals surface area contributed by atoms with Crippen molar-refractivity contribution in [3.63, 3.8) is 0 Å². The number of nitrogens with one attached hydrogen (secondary N) is 2. The molecule has 4 rings (SSSR count). The van der Waals surface area contributed by atoms with Gasteiger partial charge in [0.15, 0.2) is 0 Å². The number of hydrogen-bond acceptors (Lipinski definition) is 5. The molecule has 0 saturated carbocycles. The Hall–Kier alpha value is -3.08. The van der Waals surface area contributed by atoms with E-state index in [1.54, 1.807) is 19.1 Å². The van der Waals surface area contributed by atoms with E-state index in [0.29, 0.717) is 5.56 Å². The molecule has 2 aliphatic rings. The van der Waals surface area contributed by atoms with E-state index in [2.05, 4.69) is 0 Å². The Morgan fingerprint density at radius 2 is 2.03 bits per heavy atom. The van der Waals surface area contributed by atoms with Crippen LogP contribution in [0.25, 0.3) is 11.1 Å². The van der Waals surface area contributed by atoms with E-state index in [1.165, 1.54) is 24.3 Å². The zero-order valence-electron chi connectivity index (χ0n) is 19.6. The van der Waals surface area contributed by atoms with E-state index in [1.807, 2.05) is 4.72 Å². The topological polar surface area (TPSA) is 106 Å². The Bertz CT molecular complexity index is 1350. The van der Waals surface area contributed by atoms with Crippen molar-refractivity contribution in [2.45, 2.75) is 49.4 Å². The number of carbonyl (C=O) groups excluding carboxylic acids is 1. The predicted octanol–water partition coefficient (Wildman–Crippen LogP) is 4.21. The number of benzene rings is 2. The maximum Gasteiger partial charge on any atom is 0.492 e. The molecule has 1 unspecified atom stereocenters. The lowest BCUT2D eigenvalue weighted by atomic mass is 9.92. The minimum Gasteiger partial charge on any atom is -0.352 e. The molecule has 7 nitrogen and oxygen atoms in total. The molecule has 2 aromatic carbocycles. The standard InChI is InChI=1S/C24H23F5N4O3S/c1-14-9-16(11-17(25)10-14)18-4-2-3-15(21(18)26)12-20-19(32-37(31,35)24(27,28)29)5-7-33(20)22(34)23(13-30)6-8-36-23/h2-4,9-11,19-20H,5-8,12H2,1H3,(H2,31,32,35)/t19-,20-,23+,37?/m0/s1. The molecule has 2 fully saturated rings. The highest BCUT2D eigenvalue weighted by molar-refractivity contribution is 7.91. The lowest BCUT2D eigenvalue weighted by Gasteiger charge is -2.39. The van der Waals surface area contributed by atoms with Crippen molar-refractivity contribution in [1.29, 1.82) is 10.0 Å². The van der Waals surface area contributed by atoms with Crippen LogP contribution in [-0.4, -0.2) is 51.4 Å². The van der Waals surface area contributed by atoms with Gasteiger partial charge in [-0.05, 0) is 48.6 Å². The number of nitriles is 1. The predicted molar refractivity (Wildman–Crippen MR) is 123 cm³/mol. The van der Waals surface area contributed by atoms with Crippen LogP contribution in [0.2, 0.25) is 0 Å². The third-order valence-electron chi connectivity index (χ3n) is 6.64. The average Bonchev–Trinajstić information content (AvgIpc) is 3.14. The molecular weight excluding hydrogens is 519 g/mol. The van der Waals surface area contributed by atoms with E-state index in [4.69, 9.17) is 9.52 Å². The molecule has 0 radical (unpaired) electrons. The molecule has 0 bridgehead atoms. The van der Waals surface area contributed by atoms with E-state index < -0.39 is 50.6 Å². The Morgan fingerprint density at radius 3 is 2.59 bits per heavy atom. The zero-order valence-corrected chi connectivity index (χ0v) is 20.4. The second kappa shape index (κ2) is 9.66. The summed E-state index contributed by atoms with van der Waals surface area (Å²) < 4.78 is 95.6. The molecule has 2 aromatic rings. The second-order valence-corrected chi connectivity index (χ2v) is 10.9.